The molecule has 1 unspecified atom stereocenters. The van der Waals surface area contributed by atoms with E-state index in [0.717, 1.165) is 32.0 Å². The average molecular weight is 257 g/mol. The number of anilines is 1. The van der Waals surface area contributed by atoms with Crippen LogP contribution >= 0.6 is 0 Å². The van der Waals surface area contributed by atoms with E-state index in [-0.39, 0.29) is 0 Å². The van der Waals surface area contributed by atoms with Gasteiger partial charge in [0.1, 0.15) is 6.07 Å². The molecule has 0 radical (unpaired) electrons. The normalized spacial score (nSPS) is 27.2. The largest absolute Gasteiger partial charge is 0.353 e. The van der Waals surface area contributed by atoms with E-state index in [1.165, 1.54) is 25.7 Å². The third kappa shape index (κ3) is 2.41. The summed E-state index contributed by atoms with van der Waals surface area (Å²) in [6.45, 7) is 4.20. The highest BCUT2D eigenvalue weighted by Gasteiger charge is 2.37. The van der Waals surface area contributed by atoms with Crippen LogP contribution in [-0.2, 0) is 0 Å². The first-order chi connectivity index (χ1) is 9.33. The van der Waals surface area contributed by atoms with Gasteiger partial charge in [-0.1, -0.05) is 0 Å². The van der Waals surface area contributed by atoms with Crippen LogP contribution in [0.4, 0.5) is 5.82 Å². The van der Waals surface area contributed by atoms with Gasteiger partial charge in [-0.05, 0) is 38.3 Å². The summed E-state index contributed by atoms with van der Waals surface area (Å²) < 4.78 is 0. The third-order valence-corrected chi connectivity index (χ3v) is 4.34. The summed E-state index contributed by atoms with van der Waals surface area (Å²) in [5.41, 5.74) is 0.997. The molecule has 1 spiro atoms. The van der Waals surface area contributed by atoms with E-state index < -0.39 is 0 Å². The van der Waals surface area contributed by atoms with Gasteiger partial charge in [0.2, 0.25) is 0 Å². The Hall–Kier alpha value is -1.67. The topological polar surface area (TPSA) is 64.8 Å². The highest BCUT2D eigenvalue weighted by atomic mass is 15.3. The molecule has 1 aromatic heterocycles. The summed E-state index contributed by atoms with van der Waals surface area (Å²) in [6.07, 6.45) is 6.56. The quantitative estimate of drug-likeness (QED) is 0.822. The lowest BCUT2D eigenvalue weighted by Gasteiger charge is -2.45. The third-order valence-electron chi connectivity index (χ3n) is 4.34. The maximum Gasteiger partial charge on any atom is 0.169 e. The Kier molecular flexibility index (Phi) is 3.34. The number of hydrogen-bond donors (Lipinski definition) is 1. The predicted molar refractivity (Wildman–Crippen MR) is 72.7 cm³/mol. The van der Waals surface area contributed by atoms with Crippen molar-refractivity contribution in [2.24, 2.45) is 5.41 Å². The van der Waals surface area contributed by atoms with E-state index in [4.69, 9.17) is 0 Å². The van der Waals surface area contributed by atoms with Crippen LogP contribution in [0.2, 0.25) is 0 Å². The second kappa shape index (κ2) is 5.14. The molecule has 100 valence electrons. The Balaban J connectivity index is 1.83. The molecule has 0 saturated carbocycles. The Morgan fingerprint density at radius 1 is 1.37 bits per heavy atom. The van der Waals surface area contributed by atoms with Crippen molar-refractivity contribution in [2.45, 2.75) is 25.7 Å². The first-order valence-corrected chi connectivity index (χ1v) is 7.00. The Labute approximate surface area is 113 Å². The highest BCUT2D eigenvalue weighted by Crippen LogP contribution is 2.37. The standard InChI is InChI=1S/C14H19N5/c15-9-12-3-7-17-18-13(12)19-8-2-5-14(11-19)4-1-6-16-10-14/h3,7,16H,1-2,4-6,8,10-11H2. The average Bonchev–Trinajstić information content (AvgIpc) is 2.48. The van der Waals surface area contributed by atoms with E-state index in [2.05, 4.69) is 26.5 Å². The SMILES string of the molecule is N#Cc1ccnnc1N1CCCC2(CCCNC2)C1. The van der Waals surface area contributed by atoms with Crippen molar-refractivity contribution in [1.29, 1.82) is 5.26 Å². The first kappa shape index (κ1) is 12.4. The van der Waals surface area contributed by atoms with Crippen LogP contribution in [0.5, 0.6) is 0 Å². The highest BCUT2D eigenvalue weighted by molar-refractivity contribution is 5.53. The van der Waals surface area contributed by atoms with Crippen LogP contribution < -0.4 is 10.2 Å². The molecule has 2 aliphatic rings. The molecule has 2 aliphatic heterocycles. The fourth-order valence-corrected chi connectivity index (χ4v) is 3.41. The second-order valence-corrected chi connectivity index (χ2v) is 5.69. The second-order valence-electron chi connectivity index (χ2n) is 5.69. The number of hydrogen-bond acceptors (Lipinski definition) is 5. The van der Waals surface area contributed by atoms with Gasteiger partial charge in [-0.25, -0.2) is 0 Å². The lowest BCUT2D eigenvalue weighted by Crippen LogP contribution is -2.51. The number of rotatable bonds is 1. The minimum absolute atomic E-state index is 0.362. The number of nitrogens with zero attached hydrogens (tertiary/aromatic N) is 4. The van der Waals surface area contributed by atoms with E-state index in [9.17, 15) is 5.26 Å². The van der Waals surface area contributed by atoms with Crippen LogP contribution in [-0.4, -0.2) is 36.4 Å². The summed E-state index contributed by atoms with van der Waals surface area (Å²) in [4.78, 5) is 2.25. The summed E-state index contributed by atoms with van der Waals surface area (Å²) in [5.74, 6) is 0.759. The van der Waals surface area contributed by atoms with Crippen LogP contribution in [0.25, 0.3) is 0 Å². The minimum atomic E-state index is 0.362. The van der Waals surface area contributed by atoms with E-state index in [1.807, 2.05) is 0 Å². The Bertz CT molecular complexity index is 481. The molecular formula is C14H19N5. The summed E-state index contributed by atoms with van der Waals surface area (Å²) in [7, 11) is 0. The fourth-order valence-electron chi connectivity index (χ4n) is 3.41. The van der Waals surface area contributed by atoms with E-state index >= 15 is 0 Å². The number of piperidine rings is 2. The van der Waals surface area contributed by atoms with Crippen molar-refractivity contribution in [3.63, 3.8) is 0 Å². The maximum absolute atomic E-state index is 9.19. The molecule has 0 aromatic carbocycles. The predicted octanol–water partition coefficient (Wildman–Crippen LogP) is 1.32. The molecule has 5 heteroatoms. The molecule has 2 fully saturated rings. The van der Waals surface area contributed by atoms with Crippen molar-refractivity contribution in [2.75, 3.05) is 31.1 Å². The van der Waals surface area contributed by atoms with Gasteiger partial charge in [-0.15, -0.1) is 5.10 Å². The molecule has 1 atom stereocenters. The molecule has 0 bridgehead atoms. The minimum Gasteiger partial charge on any atom is -0.353 e. The van der Waals surface area contributed by atoms with E-state index in [0.29, 0.717) is 11.0 Å². The molecule has 1 aromatic rings. The number of nitriles is 1. The molecule has 3 rings (SSSR count). The zero-order valence-electron chi connectivity index (χ0n) is 11.1. The van der Waals surface area contributed by atoms with Crippen LogP contribution in [0.15, 0.2) is 12.3 Å². The lowest BCUT2D eigenvalue weighted by molar-refractivity contribution is 0.172. The monoisotopic (exact) mass is 257 g/mol. The zero-order chi connectivity index (χ0) is 13.1. The van der Waals surface area contributed by atoms with Gasteiger partial charge in [-0.3, -0.25) is 0 Å². The summed E-state index contributed by atoms with van der Waals surface area (Å²) >= 11 is 0. The first-order valence-electron chi connectivity index (χ1n) is 7.00. The Morgan fingerprint density at radius 2 is 2.26 bits per heavy atom. The van der Waals surface area contributed by atoms with Crippen LogP contribution in [0, 0.1) is 16.7 Å². The smallest absolute Gasteiger partial charge is 0.169 e. The van der Waals surface area contributed by atoms with Gasteiger partial charge < -0.3 is 10.2 Å². The number of nitrogens with one attached hydrogen (secondary N) is 1. The van der Waals surface area contributed by atoms with Crippen molar-refractivity contribution >= 4 is 5.82 Å². The van der Waals surface area contributed by atoms with Crippen LogP contribution in [0.1, 0.15) is 31.2 Å². The van der Waals surface area contributed by atoms with Gasteiger partial charge in [0, 0.05) is 25.0 Å². The van der Waals surface area contributed by atoms with Crippen molar-refractivity contribution in [3.8, 4) is 6.07 Å². The molecule has 0 amide bonds. The van der Waals surface area contributed by atoms with E-state index in [1.54, 1.807) is 12.3 Å². The van der Waals surface area contributed by atoms with Gasteiger partial charge in [0.25, 0.3) is 0 Å². The molecule has 19 heavy (non-hydrogen) atoms. The van der Waals surface area contributed by atoms with Gasteiger partial charge in [-0.2, -0.15) is 10.4 Å². The van der Waals surface area contributed by atoms with Gasteiger partial charge >= 0.3 is 0 Å². The lowest BCUT2D eigenvalue weighted by atomic mass is 9.74. The molecule has 3 heterocycles. The summed E-state index contributed by atoms with van der Waals surface area (Å²) in [6, 6.07) is 3.98. The summed E-state index contributed by atoms with van der Waals surface area (Å²) in [5, 5.41) is 20.8. The van der Waals surface area contributed by atoms with Gasteiger partial charge in [0.15, 0.2) is 5.82 Å². The Morgan fingerprint density at radius 3 is 3.05 bits per heavy atom. The molecule has 1 N–H and O–H groups in total. The van der Waals surface area contributed by atoms with Crippen molar-refractivity contribution in [1.82, 2.24) is 15.5 Å². The maximum atomic E-state index is 9.19. The van der Waals surface area contributed by atoms with Crippen molar-refractivity contribution < 1.29 is 0 Å². The van der Waals surface area contributed by atoms with Crippen molar-refractivity contribution in [3.05, 3.63) is 17.8 Å². The number of aromatic nitrogens is 2. The van der Waals surface area contributed by atoms with Gasteiger partial charge in [0.05, 0.1) is 11.8 Å². The molecular weight excluding hydrogens is 238 g/mol. The molecule has 0 aliphatic carbocycles. The molecule has 2 saturated heterocycles. The fraction of sp³-hybridized carbons (Fsp3) is 0.643. The van der Waals surface area contributed by atoms with Crippen LogP contribution in [0.3, 0.4) is 0 Å². The molecule has 5 nitrogen and oxygen atoms in total. The zero-order valence-corrected chi connectivity index (χ0v) is 11.1.